The molecule has 27 heavy (non-hydrogen) atoms. The van der Waals surface area contributed by atoms with Crippen LogP contribution in [-0.4, -0.2) is 11.1 Å². The molecule has 3 rings (SSSR count). The molecule has 0 saturated heterocycles. The van der Waals surface area contributed by atoms with Crippen LogP contribution in [0.15, 0.2) is 97.1 Å². The Balaban J connectivity index is 1.93. The molecule has 0 atom stereocenters. The van der Waals surface area contributed by atoms with Crippen molar-refractivity contribution in [1.29, 1.82) is 0 Å². The number of allylic oxidation sites excluding steroid dienone is 2. The van der Waals surface area contributed by atoms with E-state index in [1.807, 2.05) is 66.7 Å². The zero-order valence-electron chi connectivity index (χ0n) is 14.5. The second-order valence-electron chi connectivity index (χ2n) is 5.81. The highest BCUT2D eigenvalue weighted by atomic mass is 35.5. The highest BCUT2D eigenvalue weighted by Gasteiger charge is 2.19. The van der Waals surface area contributed by atoms with Gasteiger partial charge in [0, 0.05) is 10.6 Å². The van der Waals surface area contributed by atoms with Gasteiger partial charge in [0.1, 0.15) is 0 Å². The van der Waals surface area contributed by atoms with Gasteiger partial charge < -0.3 is 0 Å². The van der Waals surface area contributed by atoms with Gasteiger partial charge >= 0.3 is 0 Å². The third-order valence-corrected chi connectivity index (χ3v) is 4.15. The van der Waals surface area contributed by atoms with E-state index in [2.05, 4.69) is 0 Å². The van der Waals surface area contributed by atoms with E-state index in [0.717, 1.165) is 5.56 Å². The summed E-state index contributed by atoms with van der Waals surface area (Å²) in [5.41, 5.74) is 2.40. The molecule has 0 aromatic heterocycles. The van der Waals surface area contributed by atoms with Gasteiger partial charge in [-0.3, -0.25) is 10.0 Å². The van der Waals surface area contributed by atoms with Crippen LogP contribution in [0.2, 0.25) is 5.02 Å². The number of amides is 1. The number of hydroxylamine groups is 1. The molecule has 0 aliphatic rings. The first-order valence-corrected chi connectivity index (χ1v) is 8.81. The minimum atomic E-state index is -0.541. The normalized spacial score (nSPS) is 11.6. The van der Waals surface area contributed by atoms with E-state index in [-0.39, 0.29) is 0 Å². The van der Waals surface area contributed by atoms with Crippen molar-refractivity contribution in [3.8, 4) is 0 Å². The standard InChI is InChI=1S/C23H18ClNO2/c24-20-14-8-15-21(17-20)25(27)23(26)22(19-12-5-2-6-13-19)16-7-11-18-9-3-1-4-10-18/h1-17,27H/b11-7+,22-16+. The van der Waals surface area contributed by atoms with E-state index in [9.17, 15) is 10.0 Å². The zero-order chi connectivity index (χ0) is 19.1. The first-order valence-electron chi connectivity index (χ1n) is 8.43. The fourth-order valence-electron chi connectivity index (χ4n) is 2.57. The fraction of sp³-hybridized carbons (Fsp3) is 0. The molecule has 3 aromatic carbocycles. The molecule has 3 nitrogen and oxygen atoms in total. The van der Waals surface area contributed by atoms with Crippen LogP contribution in [0.5, 0.6) is 0 Å². The van der Waals surface area contributed by atoms with Crippen molar-refractivity contribution in [2.24, 2.45) is 0 Å². The third kappa shape index (κ3) is 4.94. The molecule has 0 fully saturated rings. The Labute approximate surface area is 163 Å². The van der Waals surface area contributed by atoms with Gasteiger partial charge in [0.15, 0.2) is 0 Å². The van der Waals surface area contributed by atoms with Crippen LogP contribution in [0.4, 0.5) is 5.69 Å². The van der Waals surface area contributed by atoms with Gasteiger partial charge in [-0.1, -0.05) is 90.5 Å². The van der Waals surface area contributed by atoms with Crippen molar-refractivity contribution in [1.82, 2.24) is 0 Å². The Bertz CT molecular complexity index is 966. The van der Waals surface area contributed by atoms with Gasteiger partial charge in [0.05, 0.1) is 5.69 Å². The second kappa shape index (κ2) is 8.99. The van der Waals surface area contributed by atoms with Gasteiger partial charge in [0.25, 0.3) is 5.91 Å². The maximum atomic E-state index is 12.9. The third-order valence-electron chi connectivity index (χ3n) is 3.91. The molecule has 134 valence electrons. The lowest BCUT2D eigenvalue weighted by atomic mass is 10.0. The first-order chi connectivity index (χ1) is 13.1. The maximum Gasteiger partial charge on any atom is 0.282 e. The van der Waals surface area contributed by atoms with Gasteiger partial charge in [-0.15, -0.1) is 0 Å². The number of halogens is 1. The van der Waals surface area contributed by atoms with E-state index in [1.165, 1.54) is 6.07 Å². The van der Waals surface area contributed by atoms with Crippen LogP contribution in [0, 0.1) is 0 Å². The predicted octanol–water partition coefficient (Wildman–Crippen LogP) is 5.86. The number of nitrogens with zero attached hydrogens (tertiary/aromatic N) is 1. The zero-order valence-corrected chi connectivity index (χ0v) is 15.3. The molecule has 4 heteroatoms. The molecule has 0 heterocycles. The van der Waals surface area contributed by atoms with Crippen LogP contribution in [0.25, 0.3) is 11.6 Å². The molecule has 0 aliphatic heterocycles. The van der Waals surface area contributed by atoms with Crippen LogP contribution >= 0.6 is 11.6 Å². The Morgan fingerprint density at radius 1 is 0.889 bits per heavy atom. The van der Waals surface area contributed by atoms with Crippen molar-refractivity contribution >= 4 is 34.8 Å². The largest absolute Gasteiger partial charge is 0.282 e. The molecular weight excluding hydrogens is 358 g/mol. The van der Waals surface area contributed by atoms with Crippen LogP contribution in [-0.2, 0) is 4.79 Å². The Hall–Kier alpha value is -3.14. The summed E-state index contributed by atoms with van der Waals surface area (Å²) in [6.45, 7) is 0. The minimum absolute atomic E-state index is 0.307. The Morgan fingerprint density at radius 3 is 2.22 bits per heavy atom. The number of carbonyl (C=O) groups excluding carboxylic acids is 1. The summed E-state index contributed by atoms with van der Waals surface area (Å²) >= 11 is 5.97. The van der Waals surface area contributed by atoms with Gasteiger partial charge in [-0.2, -0.15) is 5.06 Å². The number of benzene rings is 3. The number of hydrogen-bond donors (Lipinski definition) is 1. The summed E-state index contributed by atoms with van der Waals surface area (Å²) in [4.78, 5) is 12.9. The monoisotopic (exact) mass is 375 g/mol. The smallest absolute Gasteiger partial charge is 0.281 e. The Morgan fingerprint density at radius 2 is 1.56 bits per heavy atom. The van der Waals surface area contributed by atoms with Gasteiger partial charge in [-0.25, -0.2) is 0 Å². The molecule has 0 radical (unpaired) electrons. The minimum Gasteiger partial charge on any atom is -0.281 e. The molecule has 0 bridgehead atoms. The number of carbonyl (C=O) groups is 1. The number of anilines is 1. The summed E-state index contributed by atoms with van der Waals surface area (Å²) in [5, 5.41) is 11.5. The maximum absolute atomic E-state index is 12.9. The quantitative estimate of drug-likeness (QED) is 0.262. The summed E-state index contributed by atoms with van der Waals surface area (Å²) in [6, 6.07) is 25.5. The first kappa shape index (κ1) is 18.6. The van der Waals surface area contributed by atoms with E-state index in [0.29, 0.717) is 26.9 Å². The van der Waals surface area contributed by atoms with E-state index in [1.54, 1.807) is 30.4 Å². The molecular formula is C23H18ClNO2. The van der Waals surface area contributed by atoms with Crippen molar-refractivity contribution in [2.75, 3.05) is 5.06 Å². The molecule has 1 N–H and O–H groups in total. The van der Waals surface area contributed by atoms with Crippen LogP contribution < -0.4 is 5.06 Å². The average Bonchev–Trinajstić information content (AvgIpc) is 2.71. The Kier molecular flexibility index (Phi) is 6.21. The number of rotatable bonds is 5. The van der Waals surface area contributed by atoms with Crippen molar-refractivity contribution in [3.63, 3.8) is 0 Å². The molecule has 0 aliphatic carbocycles. The van der Waals surface area contributed by atoms with E-state index >= 15 is 0 Å². The van der Waals surface area contributed by atoms with E-state index < -0.39 is 5.91 Å². The lowest BCUT2D eigenvalue weighted by Gasteiger charge is -2.17. The highest BCUT2D eigenvalue weighted by Crippen LogP contribution is 2.23. The second-order valence-corrected chi connectivity index (χ2v) is 6.25. The van der Waals surface area contributed by atoms with Crippen molar-refractivity contribution in [3.05, 3.63) is 113 Å². The lowest BCUT2D eigenvalue weighted by Crippen LogP contribution is -2.27. The summed E-state index contributed by atoms with van der Waals surface area (Å²) < 4.78 is 0. The summed E-state index contributed by atoms with van der Waals surface area (Å²) in [5.74, 6) is -0.541. The molecule has 1 amide bonds. The predicted molar refractivity (Wildman–Crippen MR) is 111 cm³/mol. The van der Waals surface area contributed by atoms with Crippen molar-refractivity contribution in [2.45, 2.75) is 0 Å². The average molecular weight is 376 g/mol. The molecule has 0 spiro atoms. The van der Waals surface area contributed by atoms with E-state index in [4.69, 9.17) is 11.6 Å². The fourth-order valence-corrected chi connectivity index (χ4v) is 2.75. The van der Waals surface area contributed by atoms with Gasteiger partial charge in [0.2, 0.25) is 0 Å². The van der Waals surface area contributed by atoms with Gasteiger partial charge in [-0.05, 0) is 35.4 Å². The number of hydrogen-bond acceptors (Lipinski definition) is 2. The highest BCUT2D eigenvalue weighted by molar-refractivity contribution is 6.31. The topological polar surface area (TPSA) is 40.5 Å². The van der Waals surface area contributed by atoms with Crippen LogP contribution in [0.3, 0.4) is 0 Å². The lowest BCUT2D eigenvalue weighted by molar-refractivity contribution is -0.118. The summed E-state index contributed by atoms with van der Waals surface area (Å²) in [6.07, 6.45) is 5.39. The van der Waals surface area contributed by atoms with Crippen LogP contribution in [0.1, 0.15) is 11.1 Å². The molecule has 3 aromatic rings. The molecule has 0 saturated carbocycles. The SMILES string of the molecule is O=C(/C(=C/C=C/c1ccccc1)c1ccccc1)N(O)c1cccc(Cl)c1. The molecule has 0 unspecified atom stereocenters. The van der Waals surface area contributed by atoms with Crippen molar-refractivity contribution < 1.29 is 10.0 Å². The summed E-state index contributed by atoms with van der Waals surface area (Å²) in [7, 11) is 0.